The van der Waals surface area contributed by atoms with Gasteiger partial charge in [-0.3, -0.25) is 9.59 Å². The number of ketones is 1. The molecule has 0 bridgehead atoms. The van der Waals surface area contributed by atoms with E-state index >= 15 is 0 Å². The van der Waals surface area contributed by atoms with Crippen molar-refractivity contribution in [1.29, 1.82) is 0 Å². The Morgan fingerprint density at radius 1 is 1.28 bits per heavy atom. The highest BCUT2D eigenvalue weighted by molar-refractivity contribution is 6.13. The van der Waals surface area contributed by atoms with Gasteiger partial charge in [-0.25, -0.2) is 0 Å². The average Bonchev–Trinajstić information content (AvgIpc) is 2.64. The van der Waals surface area contributed by atoms with Gasteiger partial charge in [-0.2, -0.15) is 0 Å². The quantitative estimate of drug-likeness (QED) is 0.806. The molecule has 0 saturated heterocycles. The van der Waals surface area contributed by atoms with Crippen molar-refractivity contribution in [2.75, 3.05) is 11.9 Å². The molecule has 0 aromatic heterocycles. The van der Waals surface area contributed by atoms with Crippen LogP contribution < -0.4 is 10.2 Å². The molecular formula is C14H16N2O2. The fourth-order valence-electron chi connectivity index (χ4n) is 3.00. The number of amides is 1. The van der Waals surface area contributed by atoms with Crippen molar-refractivity contribution in [2.45, 2.75) is 31.8 Å². The van der Waals surface area contributed by atoms with Gasteiger partial charge in [0, 0.05) is 18.0 Å². The minimum absolute atomic E-state index is 0.0158. The van der Waals surface area contributed by atoms with Crippen molar-refractivity contribution in [3.05, 3.63) is 29.3 Å². The van der Waals surface area contributed by atoms with E-state index in [1.165, 1.54) is 0 Å². The van der Waals surface area contributed by atoms with E-state index in [2.05, 4.69) is 5.32 Å². The minimum atomic E-state index is -0.404. The van der Waals surface area contributed by atoms with Crippen LogP contribution in [0.2, 0.25) is 0 Å². The number of hydrogen-bond donors (Lipinski definition) is 1. The third-order valence-electron chi connectivity index (χ3n) is 3.89. The summed E-state index contributed by atoms with van der Waals surface area (Å²) in [6.07, 6.45) is 1.08. The van der Waals surface area contributed by atoms with Crippen molar-refractivity contribution in [3.8, 4) is 0 Å². The van der Waals surface area contributed by atoms with Crippen LogP contribution in [0.1, 0.15) is 29.3 Å². The molecule has 0 saturated carbocycles. The van der Waals surface area contributed by atoms with Gasteiger partial charge < -0.3 is 10.2 Å². The van der Waals surface area contributed by atoms with Gasteiger partial charge in [-0.15, -0.1) is 0 Å². The van der Waals surface area contributed by atoms with Crippen LogP contribution in [0.4, 0.5) is 5.69 Å². The number of nitrogens with zero attached hydrogens (tertiary/aromatic N) is 1. The molecule has 0 aliphatic carbocycles. The molecule has 1 unspecified atom stereocenters. The van der Waals surface area contributed by atoms with Gasteiger partial charge in [0.15, 0.2) is 5.78 Å². The van der Waals surface area contributed by atoms with Crippen LogP contribution in [-0.2, 0) is 11.2 Å². The lowest BCUT2D eigenvalue weighted by Crippen LogP contribution is -2.47. The molecule has 0 radical (unpaired) electrons. The summed E-state index contributed by atoms with van der Waals surface area (Å²) in [6, 6.07) is 5.48. The maximum atomic E-state index is 12.5. The summed E-state index contributed by atoms with van der Waals surface area (Å²) in [4.78, 5) is 26.5. The van der Waals surface area contributed by atoms with E-state index in [1.807, 2.05) is 25.1 Å². The molecule has 2 aliphatic heterocycles. The predicted octanol–water partition coefficient (Wildman–Crippen LogP) is 1.14. The summed E-state index contributed by atoms with van der Waals surface area (Å²) in [5.74, 6) is 0.0678. The Labute approximate surface area is 106 Å². The molecule has 1 amide bonds. The highest BCUT2D eigenvalue weighted by Crippen LogP contribution is 2.38. The third kappa shape index (κ3) is 1.42. The Hall–Kier alpha value is -1.68. The third-order valence-corrected chi connectivity index (χ3v) is 3.89. The van der Waals surface area contributed by atoms with Crippen LogP contribution in [0.15, 0.2) is 18.2 Å². The Morgan fingerprint density at radius 2 is 2.06 bits per heavy atom. The highest BCUT2D eigenvalue weighted by Gasteiger charge is 2.40. The number of para-hydroxylation sites is 1. The number of likely N-dealkylation sites (N-methyl/N-ethyl adjacent to an activating group) is 1. The molecule has 1 aromatic rings. The zero-order valence-electron chi connectivity index (χ0n) is 10.6. The van der Waals surface area contributed by atoms with Crippen LogP contribution in [0.3, 0.4) is 0 Å². The van der Waals surface area contributed by atoms with Crippen LogP contribution in [0, 0.1) is 0 Å². The second kappa shape index (κ2) is 3.92. The maximum absolute atomic E-state index is 12.5. The number of rotatable bonds is 1. The van der Waals surface area contributed by atoms with Crippen LogP contribution in [0.25, 0.3) is 0 Å². The zero-order valence-corrected chi connectivity index (χ0v) is 10.6. The maximum Gasteiger partial charge on any atom is 0.244 e. The molecule has 2 heterocycles. The number of anilines is 1. The summed E-state index contributed by atoms with van der Waals surface area (Å²) in [5.41, 5.74) is 2.65. The Bertz CT molecular complexity index is 539. The summed E-state index contributed by atoms with van der Waals surface area (Å²) in [7, 11) is 1.73. The van der Waals surface area contributed by atoms with E-state index in [0.29, 0.717) is 5.56 Å². The van der Waals surface area contributed by atoms with Crippen molar-refractivity contribution >= 4 is 17.4 Å². The SMILES string of the molecule is CNC1CC(=O)c2cccc3c2N(C1=O)[C@H](C)C3. The minimum Gasteiger partial charge on any atom is -0.309 e. The van der Waals surface area contributed by atoms with Crippen LogP contribution in [-0.4, -0.2) is 30.8 Å². The summed E-state index contributed by atoms with van der Waals surface area (Å²) >= 11 is 0. The van der Waals surface area contributed by atoms with Crippen molar-refractivity contribution in [2.24, 2.45) is 0 Å². The van der Waals surface area contributed by atoms with Crippen molar-refractivity contribution in [3.63, 3.8) is 0 Å². The van der Waals surface area contributed by atoms with Crippen LogP contribution >= 0.6 is 0 Å². The van der Waals surface area contributed by atoms with Gasteiger partial charge in [0.05, 0.1) is 11.7 Å². The molecule has 2 atom stereocenters. The van der Waals surface area contributed by atoms with E-state index in [1.54, 1.807) is 11.9 Å². The highest BCUT2D eigenvalue weighted by atomic mass is 16.2. The second-order valence-corrected chi connectivity index (χ2v) is 5.04. The molecule has 18 heavy (non-hydrogen) atoms. The number of nitrogens with one attached hydrogen (secondary N) is 1. The normalized spacial score (nSPS) is 26.2. The fraction of sp³-hybridized carbons (Fsp3) is 0.429. The van der Waals surface area contributed by atoms with Gasteiger partial charge in [-0.1, -0.05) is 12.1 Å². The molecule has 4 nitrogen and oxygen atoms in total. The van der Waals surface area contributed by atoms with Crippen molar-refractivity contribution < 1.29 is 9.59 Å². The Balaban J connectivity index is 2.21. The monoisotopic (exact) mass is 244 g/mol. The molecule has 3 rings (SSSR count). The molecule has 4 heteroatoms. The van der Waals surface area contributed by atoms with Gasteiger partial charge in [0.25, 0.3) is 0 Å². The number of Topliss-reactive ketones (excluding diaryl/α,β-unsaturated/α-hetero) is 1. The van der Waals surface area contributed by atoms with E-state index in [4.69, 9.17) is 0 Å². The molecule has 2 aliphatic rings. The Kier molecular flexibility index (Phi) is 2.48. The smallest absolute Gasteiger partial charge is 0.244 e. The largest absolute Gasteiger partial charge is 0.309 e. The first-order valence-electron chi connectivity index (χ1n) is 6.29. The lowest BCUT2D eigenvalue weighted by molar-refractivity contribution is -0.120. The number of benzene rings is 1. The lowest BCUT2D eigenvalue weighted by atomic mass is 10.0. The Morgan fingerprint density at radius 3 is 2.78 bits per heavy atom. The van der Waals surface area contributed by atoms with Crippen molar-refractivity contribution in [1.82, 2.24) is 5.32 Å². The standard InChI is InChI=1S/C14H16N2O2/c1-8-6-9-4-3-5-10-12(17)7-11(15-2)14(18)16(8)13(9)10/h3-5,8,11,15H,6-7H2,1-2H3/t8-,11?/m1/s1. The van der Waals surface area contributed by atoms with Gasteiger partial charge >= 0.3 is 0 Å². The van der Waals surface area contributed by atoms with Gasteiger partial charge in [-0.05, 0) is 32.0 Å². The first kappa shape index (κ1) is 11.4. The van der Waals surface area contributed by atoms with Gasteiger partial charge in [0.2, 0.25) is 5.91 Å². The summed E-state index contributed by atoms with van der Waals surface area (Å²) in [5, 5.41) is 2.95. The van der Waals surface area contributed by atoms with Gasteiger partial charge in [0.1, 0.15) is 0 Å². The molecule has 1 N–H and O–H groups in total. The zero-order chi connectivity index (χ0) is 12.9. The van der Waals surface area contributed by atoms with E-state index in [0.717, 1.165) is 17.7 Å². The molecule has 1 aromatic carbocycles. The van der Waals surface area contributed by atoms with E-state index < -0.39 is 6.04 Å². The number of carbonyl (C=O) groups is 2. The summed E-state index contributed by atoms with van der Waals surface area (Å²) < 4.78 is 0. The first-order valence-corrected chi connectivity index (χ1v) is 6.29. The van der Waals surface area contributed by atoms with E-state index in [-0.39, 0.29) is 24.2 Å². The lowest BCUT2D eigenvalue weighted by Gasteiger charge is -2.25. The molecule has 94 valence electrons. The summed E-state index contributed by atoms with van der Waals surface area (Å²) in [6.45, 7) is 2.03. The fourth-order valence-corrected chi connectivity index (χ4v) is 3.00. The molecule has 0 spiro atoms. The predicted molar refractivity (Wildman–Crippen MR) is 68.9 cm³/mol. The average molecular weight is 244 g/mol. The first-order chi connectivity index (χ1) is 8.63. The van der Waals surface area contributed by atoms with Crippen LogP contribution in [0.5, 0.6) is 0 Å². The topological polar surface area (TPSA) is 49.4 Å². The van der Waals surface area contributed by atoms with E-state index in [9.17, 15) is 9.59 Å². The second-order valence-electron chi connectivity index (χ2n) is 5.04. The number of hydrogen-bond acceptors (Lipinski definition) is 3. The number of carbonyl (C=O) groups excluding carboxylic acids is 2. The molecular weight excluding hydrogens is 228 g/mol. The molecule has 0 fully saturated rings.